The number of hydrogen-bond donors (Lipinski definition) is 2. The van der Waals surface area contributed by atoms with Crippen LogP contribution in [-0.2, 0) is 13.6 Å². The number of carbonyl (C=O) groups is 1. The maximum Gasteiger partial charge on any atom is 0.251 e. The highest BCUT2D eigenvalue weighted by Crippen LogP contribution is 2.28. The predicted molar refractivity (Wildman–Crippen MR) is 84.7 cm³/mol. The average molecular weight is 327 g/mol. The average Bonchev–Trinajstić information content (AvgIpc) is 2.66. The van der Waals surface area contributed by atoms with Crippen LogP contribution in [0.3, 0.4) is 0 Å². The molecule has 2 rings (SSSR count). The molecule has 0 saturated heterocycles. The van der Waals surface area contributed by atoms with E-state index in [1.807, 2.05) is 20.9 Å². The first-order valence-corrected chi connectivity index (χ1v) is 7.08. The number of amides is 1. The van der Waals surface area contributed by atoms with Crippen molar-refractivity contribution in [1.29, 1.82) is 0 Å². The lowest BCUT2D eigenvalue weighted by atomic mass is 10.1. The molecule has 3 N–H and O–H groups in total. The first kappa shape index (κ1) is 15.7. The zero-order chi connectivity index (χ0) is 15.7. The van der Waals surface area contributed by atoms with Crippen LogP contribution >= 0.6 is 23.2 Å². The van der Waals surface area contributed by atoms with Gasteiger partial charge in [0.15, 0.2) is 0 Å². The molecule has 0 unspecified atom stereocenters. The number of nitrogen functional groups attached to an aromatic ring is 1. The van der Waals surface area contributed by atoms with E-state index in [0.29, 0.717) is 12.1 Å². The Balaban J connectivity index is 2.16. The fraction of sp³-hybridized carbons (Fsp3) is 0.286. The monoisotopic (exact) mass is 326 g/mol. The van der Waals surface area contributed by atoms with E-state index < -0.39 is 0 Å². The summed E-state index contributed by atoms with van der Waals surface area (Å²) in [7, 11) is 1.87. The zero-order valence-corrected chi connectivity index (χ0v) is 13.5. The molecule has 112 valence electrons. The van der Waals surface area contributed by atoms with Crippen LogP contribution in [0.25, 0.3) is 0 Å². The Morgan fingerprint density at radius 2 is 1.90 bits per heavy atom. The number of anilines is 1. The van der Waals surface area contributed by atoms with Gasteiger partial charge in [-0.25, -0.2) is 0 Å². The van der Waals surface area contributed by atoms with E-state index in [9.17, 15) is 4.79 Å². The van der Waals surface area contributed by atoms with Crippen LogP contribution in [0.2, 0.25) is 10.0 Å². The molecule has 1 aromatic carbocycles. The van der Waals surface area contributed by atoms with Crippen LogP contribution in [-0.4, -0.2) is 15.7 Å². The van der Waals surface area contributed by atoms with E-state index >= 15 is 0 Å². The van der Waals surface area contributed by atoms with E-state index in [-0.39, 0.29) is 21.6 Å². The summed E-state index contributed by atoms with van der Waals surface area (Å²) in [6.07, 6.45) is 0. The van der Waals surface area contributed by atoms with E-state index in [0.717, 1.165) is 17.0 Å². The summed E-state index contributed by atoms with van der Waals surface area (Å²) in [6, 6.07) is 3.00. The minimum Gasteiger partial charge on any atom is -0.396 e. The molecule has 0 aliphatic carbocycles. The van der Waals surface area contributed by atoms with Crippen molar-refractivity contribution in [3.63, 3.8) is 0 Å². The summed E-state index contributed by atoms with van der Waals surface area (Å²) in [5, 5.41) is 7.67. The number of nitrogens with one attached hydrogen (secondary N) is 1. The van der Waals surface area contributed by atoms with Gasteiger partial charge in [-0.1, -0.05) is 23.2 Å². The summed E-state index contributed by atoms with van der Waals surface area (Å²) < 4.78 is 1.79. The second-order valence-electron chi connectivity index (χ2n) is 4.81. The Hall–Kier alpha value is -1.72. The summed E-state index contributed by atoms with van der Waals surface area (Å²) in [4.78, 5) is 12.2. The third-order valence-corrected chi connectivity index (χ3v) is 4.05. The molecule has 1 heterocycles. The molecule has 0 aliphatic heterocycles. The van der Waals surface area contributed by atoms with Gasteiger partial charge in [0.2, 0.25) is 0 Å². The Morgan fingerprint density at radius 1 is 1.33 bits per heavy atom. The highest BCUT2D eigenvalue weighted by Gasteiger charge is 2.14. The Labute approximate surface area is 133 Å². The zero-order valence-electron chi connectivity index (χ0n) is 12.0. The first-order valence-electron chi connectivity index (χ1n) is 6.33. The van der Waals surface area contributed by atoms with Gasteiger partial charge < -0.3 is 11.1 Å². The number of aryl methyl sites for hydroxylation is 2. The van der Waals surface area contributed by atoms with Crippen LogP contribution in [0, 0.1) is 13.8 Å². The maximum atomic E-state index is 12.2. The number of nitrogens with two attached hydrogens (primary N) is 1. The largest absolute Gasteiger partial charge is 0.396 e. The second-order valence-corrected chi connectivity index (χ2v) is 5.62. The summed E-state index contributed by atoms with van der Waals surface area (Å²) in [5.41, 5.74) is 9.20. The van der Waals surface area contributed by atoms with Gasteiger partial charge in [0.25, 0.3) is 5.91 Å². The molecule has 0 spiro atoms. The van der Waals surface area contributed by atoms with Crippen molar-refractivity contribution >= 4 is 34.8 Å². The SMILES string of the molecule is Cc1nn(C)c(C)c1CNC(=O)c1cc(Cl)c(N)c(Cl)c1. The van der Waals surface area contributed by atoms with Crippen LogP contribution in [0.15, 0.2) is 12.1 Å². The lowest BCUT2D eigenvalue weighted by Gasteiger charge is -2.08. The molecule has 5 nitrogen and oxygen atoms in total. The van der Waals surface area contributed by atoms with E-state index in [1.165, 1.54) is 12.1 Å². The molecule has 1 aromatic heterocycles. The number of aromatic nitrogens is 2. The van der Waals surface area contributed by atoms with E-state index in [4.69, 9.17) is 28.9 Å². The van der Waals surface area contributed by atoms with E-state index in [2.05, 4.69) is 10.4 Å². The van der Waals surface area contributed by atoms with Gasteiger partial charge in [0.05, 0.1) is 21.4 Å². The molecule has 1 amide bonds. The van der Waals surface area contributed by atoms with Gasteiger partial charge in [-0.3, -0.25) is 9.48 Å². The molecule has 0 aliphatic rings. The number of carbonyl (C=O) groups excluding carboxylic acids is 1. The molecule has 0 saturated carbocycles. The van der Waals surface area contributed by atoms with Crippen molar-refractivity contribution in [2.45, 2.75) is 20.4 Å². The van der Waals surface area contributed by atoms with Gasteiger partial charge in [-0.05, 0) is 26.0 Å². The summed E-state index contributed by atoms with van der Waals surface area (Å²) in [5.74, 6) is -0.263. The Bertz CT molecular complexity index is 686. The third kappa shape index (κ3) is 3.14. The molecule has 7 heteroatoms. The van der Waals surface area contributed by atoms with Gasteiger partial charge in [0.1, 0.15) is 0 Å². The van der Waals surface area contributed by atoms with Gasteiger partial charge in [-0.15, -0.1) is 0 Å². The highest BCUT2D eigenvalue weighted by molar-refractivity contribution is 6.39. The van der Waals surface area contributed by atoms with Gasteiger partial charge >= 0.3 is 0 Å². The number of rotatable bonds is 3. The third-order valence-electron chi connectivity index (χ3n) is 3.43. The van der Waals surface area contributed by atoms with Crippen LogP contribution in [0.1, 0.15) is 27.3 Å². The van der Waals surface area contributed by atoms with Crippen molar-refractivity contribution in [1.82, 2.24) is 15.1 Å². The minimum atomic E-state index is -0.263. The molecule has 0 bridgehead atoms. The summed E-state index contributed by atoms with van der Waals surface area (Å²) in [6.45, 7) is 4.26. The molecule has 0 fully saturated rings. The first-order chi connectivity index (χ1) is 9.81. The van der Waals surface area contributed by atoms with Gasteiger partial charge in [-0.2, -0.15) is 5.10 Å². The van der Waals surface area contributed by atoms with Crippen molar-refractivity contribution in [3.05, 3.63) is 44.7 Å². The van der Waals surface area contributed by atoms with Crippen LogP contribution < -0.4 is 11.1 Å². The fourth-order valence-corrected chi connectivity index (χ4v) is 2.55. The number of nitrogens with zero attached hydrogens (tertiary/aromatic N) is 2. The Morgan fingerprint density at radius 3 is 2.38 bits per heavy atom. The fourth-order valence-electron chi connectivity index (χ4n) is 2.06. The topological polar surface area (TPSA) is 72.9 Å². The number of halogens is 2. The number of hydrogen-bond acceptors (Lipinski definition) is 3. The molecular formula is C14H16Cl2N4O. The molecule has 21 heavy (non-hydrogen) atoms. The Kier molecular flexibility index (Phi) is 4.44. The predicted octanol–water partition coefficient (Wildman–Crippen LogP) is 2.86. The quantitative estimate of drug-likeness (QED) is 0.852. The summed E-state index contributed by atoms with van der Waals surface area (Å²) >= 11 is 11.9. The molecular weight excluding hydrogens is 311 g/mol. The van der Waals surface area contributed by atoms with Crippen molar-refractivity contribution in [3.8, 4) is 0 Å². The smallest absolute Gasteiger partial charge is 0.251 e. The minimum absolute atomic E-state index is 0.263. The second kappa shape index (κ2) is 5.95. The van der Waals surface area contributed by atoms with Gasteiger partial charge in [0, 0.05) is 30.4 Å². The maximum absolute atomic E-state index is 12.2. The highest BCUT2D eigenvalue weighted by atomic mass is 35.5. The molecule has 2 aromatic rings. The van der Waals surface area contributed by atoms with Crippen molar-refractivity contribution in [2.24, 2.45) is 7.05 Å². The van der Waals surface area contributed by atoms with Crippen LogP contribution in [0.5, 0.6) is 0 Å². The van der Waals surface area contributed by atoms with Crippen molar-refractivity contribution < 1.29 is 4.79 Å². The standard InChI is InChI=1S/C14H16Cl2N4O/c1-7-10(8(2)20(3)19-7)6-18-14(21)9-4-11(15)13(17)12(16)5-9/h4-5H,6,17H2,1-3H3,(H,18,21). The lowest BCUT2D eigenvalue weighted by Crippen LogP contribution is -2.23. The lowest BCUT2D eigenvalue weighted by molar-refractivity contribution is 0.0951. The normalized spacial score (nSPS) is 10.7. The van der Waals surface area contributed by atoms with E-state index in [1.54, 1.807) is 4.68 Å². The number of benzene rings is 1. The van der Waals surface area contributed by atoms with Crippen molar-refractivity contribution in [2.75, 3.05) is 5.73 Å². The molecule has 0 atom stereocenters. The molecule has 0 radical (unpaired) electrons. The van der Waals surface area contributed by atoms with Crippen LogP contribution in [0.4, 0.5) is 5.69 Å².